The van der Waals surface area contributed by atoms with Gasteiger partial charge in [-0.05, 0) is 6.26 Å². The normalized spacial score (nSPS) is 21.1. The molecule has 1 saturated heterocycles. The minimum atomic E-state index is -4.87. The number of rotatable bonds is 9. The Morgan fingerprint density at radius 2 is 2.16 bits per heavy atom. The monoisotopic (exact) mass is 525 g/mol. The summed E-state index contributed by atoms with van der Waals surface area (Å²) in [7, 11) is -2.62. The van der Waals surface area contributed by atoms with Crippen LogP contribution in [0.3, 0.4) is 0 Å². The number of ether oxygens (including phenoxy) is 1. The number of β-lactam (4-membered cyclic amide) rings is 1. The van der Waals surface area contributed by atoms with Gasteiger partial charge in [0.15, 0.2) is 16.2 Å². The van der Waals surface area contributed by atoms with Crippen LogP contribution in [0.4, 0.5) is 5.13 Å². The van der Waals surface area contributed by atoms with Gasteiger partial charge in [-0.15, -0.1) is 34.7 Å². The molecule has 1 aromatic rings. The molecule has 0 unspecified atom stereocenters. The van der Waals surface area contributed by atoms with Gasteiger partial charge < -0.3 is 21.6 Å². The third-order valence-corrected chi connectivity index (χ3v) is 6.68. The second-order valence-electron chi connectivity index (χ2n) is 5.40. The van der Waals surface area contributed by atoms with E-state index in [0.29, 0.717) is 0 Å². The zero-order valence-electron chi connectivity index (χ0n) is 17.6. The molecule has 2 atom stereocenters. The van der Waals surface area contributed by atoms with Gasteiger partial charge in [0.1, 0.15) is 18.7 Å². The van der Waals surface area contributed by atoms with Crippen molar-refractivity contribution in [3.8, 4) is 0 Å². The molecule has 0 aromatic carbocycles. The zero-order chi connectivity index (χ0) is 22.7. The van der Waals surface area contributed by atoms with Crippen molar-refractivity contribution in [3.63, 3.8) is 0 Å². The molecule has 0 bridgehead atoms. The van der Waals surface area contributed by atoms with Crippen molar-refractivity contribution >= 4 is 73.6 Å². The van der Waals surface area contributed by atoms with E-state index in [4.69, 9.17) is 16.3 Å². The van der Waals surface area contributed by atoms with Crippen molar-refractivity contribution in [3.05, 3.63) is 11.1 Å². The first-order valence-corrected chi connectivity index (χ1v) is 11.8. The van der Waals surface area contributed by atoms with E-state index in [9.17, 15) is 27.4 Å². The van der Waals surface area contributed by atoms with E-state index in [1.165, 1.54) is 18.7 Å². The average Bonchev–Trinajstić information content (AvgIpc) is 3.14. The van der Waals surface area contributed by atoms with Crippen LogP contribution in [0, 0.1) is 0 Å². The minimum Gasteiger partial charge on any atom is -1.00 e. The Kier molecular flexibility index (Phi) is 10.2. The number of thioether (sulfide) groups is 1. The van der Waals surface area contributed by atoms with Gasteiger partial charge >= 0.3 is 39.9 Å². The number of nitrogens with one attached hydrogen (secondary N) is 2. The first-order valence-electron chi connectivity index (χ1n) is 7.70. The number of thiazole rings is 1. The maximum Gasteiger partial charge on any atom is 1.00 e. The number of hydrogen-bond donors (Lipinski definition) is 3. The second kappa shape index (κ2) is 11.2. The van der Waals surface area contributed by atoms with Crippen LogP contribution in [0.2, 0.25) is 0 Å². The quantitative estimate of drug-likeness (QED) is 0.0559. The molecule has 2 rings (SSSR count). The van der Waals surface area contributed by atoms with E-state index in [2.05, 4.69) is 25.6 Å². The average molecular weight is 526 g/mol. The molecule has 13 nitrogen and oxygen atoms in total. The molecule has 0 aliphatic carbocycles. The Hall–Kier alpha value is -0.980. The first kappa shape index (κ1) is 28.1. The Balaban J connectivity index is 0.00000480. The number of anilines is 1. The SMILES string of the molecule is CON=C(C(=O)N[C@]1(OC)C(=O)N(S(=O)(=O)O)[C@@H]1SC)c1csc(NC(=O)CCl)n1.[H-].[Na+]. The standard InChI is InChI=1S/C13H16ClN5O8S3.Na.H/c1-26-13(10(22)19(11(13)28-3)30(23,24)25)17-9(21)8(18-27-2)6-5-29-12(15-6)16-7(20)4-14;;/h5,11H,4H2,1-3H3,(H,17,21)(H,15,16,20)(H,23,24,25);;/q;+1;-1/t11-,13+;;/m1../s1. The number of aromatic nitrogens is 1. The first-order chi connectivity index (χ1) is 14.0. The molecule has 1 aliphatic rings. The van der Waals surface area contributed by atoms with Gasteiger partial charge in [-0.25, -0.2) is 4.98 Å². The summed E-state index contributed by atoms with van der Waals surface area (Å²) in [6, 6.07) is 0. The van der Waals surface area contributed by atoms with Crippen molar-refractivity contribution < 1.29 is 67.9 Å². The third kappa shape index (κ3) is 5.69. The summed E-state index contributed by atoms with van der Waals surface area (Å²) < 4.78 is 37.4. The van der Waals surface area contributed by atoms with E-state index in [-0.39, 0.29) is 57.7 Å². The van der Waals surface area contributed by atoms with Crippen LogP contribution >= 0.6 is 34.7 Å². The molecular weight excluding hydrogens is 509 g/mol. The summed E-state index contributed by atoms with van der Waals surface area (Å²) in [4.78, 5) is 45.3. The summed E-state index contributed by atoms with van der Waals surface area (Å²) in [5.41, 5.74) is -2.48. The van der Waals surface area contributed by atoms with Gasteiger partial charge in [0.05, 0.1) is 0 Å². The van der Waals surface area contributed by atoms with Crippen molar-refractivity contribution in [2.24, 2.45) is 5.16 Å². The van der Waals surface area contributed by atoms with Gasteiger partial charge in [-0.3, -0.25) is 18.9 Å². The van der Waals surface area contributed by atoms with Gasteiger partial charge in [0.2, 0.25) is 5.91 Å². The largest absolute Gasteiger partial charge is 1.00 e. The summed E-state index contributed by atoms with van der Waals surface area (Å²) >= 11 is 7.23. The molecule has 1 aromatic heterocycles. The number of carbonyl (C=O) groups is 3. The van der Waals surface area contributed by atoms with Crippen molar-refractivity contribution in [1.29, 1.82) is 0 Å². The molecule has 2 heterocycles. The summed E-state index contributed by atoms with van der Waals surface area (Å²) in [5, 5.41) is 8.49. The van der Waals surface area contributed by atoms with Crippen molar-refractivity contribution in [2.45, 2.75) is 11.1 Å². The van der Waals surface area contributed by atoms with Gasteiger partial charge in [-0.2, -0.15) is 12.7 Å². The maximum absolute atomic E-state index is 12.8. The maximum atomic E-state index is 12.8. The fourth-order valence-corrected chi connectivity index (χ4v) is 5.41. The predicted octanol–water partition coefficient (Wildman–Crippen LogP) is -3.42. The third-order valence-electron chi connectivity index (χ3n) is 3.68. The summed E-state index contributed by atoms with van der Waals surface area (Å²) in [6.45, 7) is 0. The van der Waals surface area contributed by atoms with E-state index >= 15 is 0 Å². The Morgan fingerprint density at radius 1 is 1.52 bits per heavy atom. The summed E-state index contributed by atoms with van der Waals surface area (Å²) in [5.74, 6) is -3.00. The summed E-state index contributed by atoms with van der Waals surface area (Å²) in [6.07, 6.45) is 1.45. The predicted molar refractivity (Wildman–Crippen MR) is 110 cm³/mol. The number of oxime groups is 1. The molecular formula is C13H17ClN5NaO8S3. The van der Waals surface area contributed by atoms with Crippen LogP contribution in [0.25, 0.3) is 0 Å². The molecule has 168 valence electrons. The Morgan fingerprint density at radius 3 is 2.65 bits per heavy atom. The molecule has 1 fully saturated rings. The van der Waals surface area contributed by atoms with E-state index in [1.54, 1.807) is 0 Å². The number of hydrogen-bond acceptors (Lipinski definition) is 11. The molecule has 3 N–H and O–H groups in total. The number of alkyl halides is 1. The van der Waals surface area contributed by atoms with Crippen LogP contribution in [0.15, 0.2) is 10.5 Å². The fourth-order valence-electron chi connectivity index (χ4n) is 2.43. The second-order valence-corrected chi connectivity index (χ2v) is 8.74. The number of amides is 3. The van der Waals surface area contributed by atoms with E-state index in [1.807, 2.05) is 0 Å². The molecule has 0 radical (unpaired) electrons. The fraction of sp³-hybridized carbons (Fsp3) is 0.462. The molecule has 1 aliphatic heterocycles. The van der Waals surface area contributed by atoms with Crippen LogP contribution in [0.5, 0.6) is 0 Å². The number of nitrogens with zero attached hydrogens (tertiary/aromatic N) is 3. The van der Waals surface area contributed by atoms with Crippen LogP contribution in [-0.4, -0.2) is 83.1 Å². The number of methoxy groups -OCH3 is 1. The van der Waals surface area contributed by atoms with Crippen LogP contribution in [0.1, 0.15) is 7.12 Å². The number of halogens is 1. The molecule has 3 amide bonds. The van der Waals surface area contributed by atoms with Crippen LogP contribution < -0.4 is 40.2 Å². The molecule has 0 saturated carbocycles. The van der Waals surface area contributed by atoms with E-state index in [0.717, 1.165) is 30.2 Å². The smallest absolute Gasteiger partial charge is 1.00 e. The zero-order valence-corrected chi connectivity index (χ0v) is 21.8. The van der Waals surface area contributed by atoms with Crippen molar-refractivity contribution in [1.82, 2.24) is 14.6 Å². The Labute approximate surface area is 213 Å². The minimum absolute atomic E-state index is 0. The topological polar surface area (TPSA) is 177 Å². The van der Waals surface area contributed by atoms with Gasteiger partial charge in [-0.1, -0.05) is 5.16 Å². The molecule has 0 spiro atoms. The number of carbonyl (C=O) groups excluding carboxylic acids is 3. The van der Waals surface area contributed by atoms with Gasteiger partial charge in [0.25, 0.3) is 17.5 Å². The van der Waals surface area contributed by atoms with Crippen LogP contribution in [-0.2, 0) is 34.3 Å². The van der Waals surface area contributed by atoms with E-state index < -0.39 is 39.1 Å². The molecule has 18 heteroatoms. The Bertz CT molecular complexity index is 996. The van der Waals surface area contributed by atoms with Gasteiger partial charge in [0, 0.05) is 12.5 Å². The van der Waals surface area contributed by atoms with Crippen molar-refractivity contribution in [2.75, 3.05) is 31.7 Å². The molecule has 31 heavy (non-hydrogen) atoms.